The maximum Gasteiger partial charge on any atom is 0.153 e. The Kier molecular flexibility index (Phi) is 4.74. The Hall–Kier alpha value is -1.17. The molecule has 0 saturated carbocycles. The molecule has 1 aromatic carbocycles. The Morgan fingerprint density at radius 2 is 1.89 bits per heavy atom. The van der Waals surface area contributed by atoms with Crippen molar-refractivity contribution in [3.8, 4) is 0 Å². The molecule has 1 aromatic heterocycles. The number of nitrogens with zero attached hydrogens (tertiary/aromatic N) is 2. The zero-order valence-electron chi connectivity index (χ0n) is 11.2. The van der Waals surface area contributed by atoms with E-state index in [1.54, 1.807) is 0 Å². The minimum absolute atomic E-state index is 0.723. The monoisotopic (exact) mass is 368 g/mol. The number of carbonyl (C=O) groups is 1. The zero-order valence-corrected chi connectivity index (χ0v) is 13.3. The Bertz CT molecular complexity index is 573. The second-order valence-electron chi connectivity index (χ2n) is 4.42. The van der Waals surface area contributed by atoms with Gasteiger partial charge in [0.15, 0.2) is 6.29 Å². The molecule has 2 aromatic rings. The third-order valence-corrected chi connectivity index (χ3v) is 3.93. The van der Waals surface area contributed by atoms with E-state index in [0.717, 1.165) is 42.6 Å². The smallest absolute Gasteiger partial charge is 0.153 e. The number of aromatic nitrogens is 2. The standard InChI is InChI=1S/C15H17IN2O/c1-3-14-13(10-19)15(4-2)18(17-14)9-11-5-7-12(16)8-6-11/h5-8,10H,3-4,9H2,1-2H3. The molecule has 0 radical (unpaired) electrons. The van der Waals surface area contributed by atoms with Crippen molar-refractivity contribution in [1.82, 2.24) is 9.78 Å². The topological polar surface area (TPSA) is 34.9 Å². The van der Waals surface area contributed by atoms with Crippen LogP contribution in [0.2, 0.25) is 0 Å². The molecule has 0 saturated heterocycles. The van der Waals surface area contributed by atoms with Crippen molar-refractivity contribution in [1.29, 1.82) is 0 Å². The molecule has 2 rings (SSSR count). The average Bonchev–Trinajstić information content (AvgIpc) is 2.78. The number of aldehydes is 1. The third kappa shape index (κ3) is 3.05. The average molecular weight is 368 g/mol. The van der Waals surface area contributed by atoms with E-state index in [-0.39, 0.29) is 0 Å². The molecule has 0 aliphatic rings. The summed E-state index contributed by atoms with van der Waals surface area (Å²) in [6.07, 6.45) is 2.56. The summed E-state index contributed by atoms with van der Waals surface area (Å²) in [5, 5.41) is 4.57. The minimum atomic E-state index is 0.723. The molecule has 0 N–H and O–H groups in total. The minimum Gasteiger partial charge on any atom is -0.298 e. The summed E-state index contributed by atoms with van der Waals surface area (Å²) in [5.74, 6) is 0. The molecule has 0 fully saturated rings. The molecule has 100 valence electrons. The molecule has 0 unspecified atom stereocenters. The van der Waals surface area contributed by atoms with Crippen LogP contribution in [-0.4, -0.2) is 16.1 Å². The number of aryl methyl sites for hydroxylation is 1. The maximum absolute atomic E-state index is 11.2. The van der Waals surface area contributed by atoms with Gasteiger partial charge in [0.1, 0.15) is 0 Å². The fourth-order valence-electron chi connectivity index (χ4n) is 2.23. The summed E-state index contributed by atoms with van der Waals surface area (Å²) >= 11 is 2.29. The lowest BCUT2D eigenvalue weighted by Crippen LogP contribution is -2.06. The number of halogens is 1. The molecule has 0 spiro atoms. The van der Waals surface area contributed by atoms with E-state index >= 15 is 0 Å². The van der Waals surface area contributed by atoms with Gasteiger partial charge in [0, 0.05) is 9.26 Å². The van der Waals surface area contributed by atoms with Gasteiger partial charge in [-0.25, -0.2) is 0 Å². The molecule has 4 heteroatoms. The van der Waals surface area contributed by atoms with E-state index in [1.807, 2.05) is 11.6 Å². The third-order valence-electron chi connectivity index (χ3n) is 3.21. The summed E-state index contributed by atoms with van der Waals surface area (Å²) in [5.41, 5.74) is 3.91. The Morgan fingerprint density at radius 3 is 2.42 bits per heavy atom. The molecular formula is C15H17IN2O. The summed E-state index contributed by atoms with van der Waals surface area (Å²) in [6.45, 7) is 4.82. The fourth-order valence-corrected chi connectivity index (χ4v) is 2.59. The molecule has 0 aliphatic carbocycles. The highest BCUT2D eigenvalue weighted by Crippen LogP contribution is 2.16. The molecular weight excluding hydrogens is 351 g/mol. The highest BCUT2D eigenvalue weighted by atomic mass is 127. The number of benzene rings is 1. The number of hydrogen-bond acceptors (Lipinski definition) is 2. The lowest BCUT2D eigenvalue weighted by molar-refractivity contribution is 0.112. The Labute approximate surface area is 127 Å². The molecule has 0 aliphatic heterocycles. The molecule has 0 atom stereocenters. The van der Waals surface area contributed by atoms with E-state index in [2.05, 4.69) is 58.9 Å². The summed E-state index contributed by atoms with van der Waals surface area (Å²) in [6, 6.07) is 8.39. The first-order valence-corrected chi connectivity index (χ1v) is 7.55. The van der Waals surface area contributed by atoms with Crippen molar-refractivity contribution in [3.05, 3.63) is 50.4 Å². The van der Waals surface area contributed by atoms with Gasteiger partial charge >= 0.3 is 0 Å². The maximum atomic E-state index is 11.2. The Morgan fingerprint density at radius 1 is 1.21 bits per heavy atom. The first kappa shape index (κ1) is 14.2. The van der Waals surface area contributed by atoms with Gasteiger partial charge in [-0.3, -0.25) is 9.48 Å². The zero-order chi connectivity index (χ0) is 13.8. The summed E-state index contributed by atoms with van der Waals surface area (Å²) in [7, 11) is 0. The van der Waals surface area contributed by atoms with Gasteiger partial charge in [-0.15, -0.1) is 0 Å². The van der Waals surface area contributed by atoms with E-state index in [4.69, 9.17) is 0 Å². The van der Waals surface area contributed by atoms with Crippen LogP contribution in [0.3, 0.4) is 0 Å². The second kappa shape index (κ2) is 6.32. The van der Waals surface area contributed by atoms with Crippen LogP contribution >= 0.6 is 22.6 Å². The van der Waals surface area contributed by atoms with Gasteiger partial charge in [-0.05, 0) is 53.1 Å². The van der Waals surface area contributed by atoms with Gasteiger partial charge in [-0.2, -0.15) is 5.10 Å². The quantitative estimate of drug-likeness (QED) is 0.598. The molecule has 0 amide bonds. The van der Waals surface area contributed by atoms with E-state index in [9.17, 15) is 4.79 Å². The summed E-state index contributed by atoms with van der Waals surface area (Å²) < 4.78 is 3.19. The van der Waals surface area contributed by atoms with Gasteiger partial charge in [0.25, 0.3) is 0 Å². The van der Waals surface area contributed by atoms with Crippen LogP contribution < -0.4 is 0 Å². The van der Waals surface area contributed by atoms with Gasteiger partial charge in [0.2, 0.25) is 0 Å². The van der Waals surface area contributed by atoms with Crippen LogP contribution in [0.5, 0.6) is 0 Å². The van der Waals surface area contributed by atoms with Crippen molar-refractivity contribution < 1.29 is 4.79 Å². The highest BCUT2D eigenvalue weighted by Gasteiger charge is 2.14. The van der Waals surface area contributed by atoms with Crippen LogP contribution in [0.1, 0.15) is 41.2 Å². The van der Waals surface area contributed by atoms with E-state index in [1.165, 1.54) is 9.13 Å². The SMILES string of the molecule is CCc1nn(Cc2ccc(I)cc2)c(CC)c1C=O. The largest absolute Gasteiger partial charge is 0.298 e. The van der Waals surface area contributed by atoms with Crippen molar-refractivity contribution >= 4 is 28.9 Å². The second-order valence-corrected chi connectivity index (χ2v) is 5.66. The van der Waals surface area contributed by atoms with Gasteiger partial charge in [-0.1, -0.05) is 26.0 Å². The van der Waals surface area contributed by atoms with Crippen LogP contribution in [0.4, 0.5) is 0 Å². The first-order valence-electron chi connectivity index (χ1n) is 6.47. The molecule has 1 heterocycles. The predicted octanol–water partition coefficient (Wildman–Crippen LogP) is 3.47. The highest BCUT2D eigenvalue weighted by molar-refractivity contribution is 14.1. The van der Waals surface area contributed by atoms with Crippen molar-refractivity contribution in [3.63, 3.8) is 0 Å². The van der Waals surface area contributed by atoms with Gasteiger partial charge < -0.3 is 0 Å². The van der Waals surface area contributed by atoms with E-state index < -0.39 is 0 Å². The lowest BCUT2D eigenvalue weighted by Gasteiger charge is -2.06. The van der Waals surface area contributed by atoms with Crippen LogP contribution in [0.15, 0.2) is 24.3 Å². The first-order chi connectivity index (χ1) is 9.19. The number of carbonyl (C=O) groups excluding carboxylic acids is 1. The van der Waals surface area contributed by atoms with Crippen molar-refractivity contribution in [2.45, 2.75) is 33.2 Å². The van der Waals surface area contributed by atoms with Crippen LogP contribution in [0, 0.1) is 3.57 Å². The van der Waals surface area contributed by atoms with Crippen molar-refractivity contribution in [2.24, 2.45) is 0 Å². The van der Waals surface area contributed by atoms with Crippen molar-refractivity contribution in [2.75, 3.05) is 0 Å². The van der Waals surface area contributed by atoms with Crippen LogP contribution in [0.25, 0.3) is 0 Å². The molecule has 0 bridgehead atoms. The number of rotatable bonds is 5. The molecule has 3 nitrogen and oxygen atoms in total. The van der Waals surface area contributed by atoms with Gasteiger partial charge in [0.05, 0.1) is 17.8 Å². The predicted molar refractivity (Wildman–Crippen MR) is 84.6 cm³/mol. The van der Waals surface area contributed by atoms with Crippen LogP contribution in [-0.2, 0) is 19.4 Å². The molecule has 19 heavy (non-hydrogen) atoms. The lowest BCUT2D eigenvalue weighted by atomic mass is 10.1. The normalized spacial score (nSPS) is 10.7. The fraction of sp³-hybridized carbons (Fsp3) is 0.333. The van der Waals surface area contributed by atoms with E-state index in [0.29, 0.717) is 0 Å². The Balaban J connectivity index is 2.36. The number of hydrogen-bond donors (Lipinski definition) is 0. The summed E-state index contributed by atoms with van der Waals surface area (Å²) in [4.78, 5) is 11.2.